The molecule has 0 aromatic rings. The Hall–Kier alpha value is -0.610. The number of rotatable bonds is 5. The smallest absolute Gasteiger partial charge is 0.228 e. The van der Waals surface area contributed by atoms with Gasteiger partial charge in [0.25, 0.3) is 0 Å². The Bertz CT molecular complexity index is 361. The van der Waals surface area contributed by atoms with E-state index in [-0.39, 0.29) is 11.0 Å². The van der Waals surface area contributed by atoms with Crippen LogP contribution in [0, 0.1) is 5.41 Å². The van der Waals surface area contributed by atoms with E-state index in [0.29, 0.717) is 18.6 Å². The summed E-state index contributed by atoms with van der Waals surface area (Å²) in [7, 11) is 1.72. The predicted molar refractivity (Wildman–Crippen MR) is 87.8 cm³/mol. The maximum atomic E-state index is 13.0. The summed E-state index contributed by atoms with van der Waals surface area (Å²) in [4.78, 5) is 15.1. The maximum absolute atomic E-state index is 13.0. The highest BCUT2D eigenvalue weighted by molar-refractivity contribution is 5.83. The lowest BCUT2D eigenvalue weighted by Crippen LogP contribution is -2.48. The van der Waals surface area contributed by atoms with Crippen molar-refractivity contribution < 1.29 is 14.3 Å². The first-order valence-corrected chi connectivity index (χ1v) is 8.82. The molecular formula is C18H33NO3. The highest BCUT2D eigenvalue weighted by Crippen LogP contribution is 2.43. The zero-order valence-corrected chi connectivity index (χ0v) is 14.8. The molecule has 4 heteroatoms. The lowest BCUT2D eigenvalue weighted by Gasteiger charge is -2.39. The number of nitrogens with zero attached hydrogens (tertiary/aromatic N) is 1. The monoisotopic (exact) mass is 311 g/mol. The molecule has 0 radical (unpaired) electrons. The van der Waals surface area contributed by atoms with Crippen molar-refractivity contribution in [1.82, 2.24) is 4.90 Å². The molecule has 0 unspecified atom stereocenters. The summed E-state index contributed by atoms with van der Waals surface area (Å²) in [6, 6.07) is 0. The van der Waals surface area contributed by atoms with Crippen LogP contribution in [-0.2, 0) is 14.3 Å². The first-order valence-electron chi connectivity index (χ1n) is 8.82. The van der Waals surface area contributed by atoms with Crippen molar-refractivity contribution in [2.75, 3.05) is 26.8 Å². The minimum atomic E-state index is -0.145. The summed E-state index contributed by atoms with van der Waals surface area (Å²) in [5, 5.41) is 0. The standard InChI is InChI=1S/C18H33NO3/c1-17(2,3)22-15-7-12-19(13-8-15)16(20)18(11-14-21-4)9-5-6-10-18/h15H,5-14H2,1-4H3. The lowest BCUT2D eigenvalue weighted by atomic mass is 9.81. The number of carbonyl (C=O) groups excluding carboxylic acids is 1. The number of ether oxygens (including phenoxy) is 2. The second-order valence-electron chi connectivity index (χ2n) is 7.95. The fourth-order valence-corrected chi connectivity index (χ4v) is 3.93. The van der Waals surface area contributed by atoms with E-state index in [1.54, 1.807) is 7.11 Å². The van der Waals surface area contributed by atoms with Crippen LogP contribution in [0.5, 0.6) is 0 Å². The number of likely N-dealkylation sites (tertiary alicyclic amines) is 1. The van der Waals surface area contributed by atoms with E-state index in [0.717, 1.165) is 45.2 Å². The van der Waals surface area contributed by atoms with Crippen LogP contribution in [0.2, 0.25) is 0 Å². The molecule has 0 aromatic carbocycles. The highest BCUT2D eigenvalue weighted by Gasteiger charge is 2.43. The average Bonchev–Trinajstić information content (AvgIpc) is 2.93. The molecule has 1 heterocycles. The van der Waals surface area contributed by atoms with Gasteiger partial charge in [-0.3, -0.25) is 4.79 Å². The van der Waals surface area contributed by atoms with Crippen LogP contribution in [0.25, 0.3) is 0 Å². The van der Waals surface area contributed by atoms with Crippen LogP contribution in [0.1, 0.15) is 65.7 Å². The number of hydrogen-bond donors (Lipinski definition) is 0. The van der Waals surface area contributed by atoms with Gasteiger partial charge in [-0.05, 0) is 52.9 Å². The van der Waals surface area contributed by atoms with E-state index >= 15 is 0 Å². The fraction of sp³-hybridized carbons (Fsp3) is 0.944. The van der Waals surface area contributed by atoms with Crippen LogP contribution >= 0.6 is 0 Å². The van der Waals surface area contributed by atoms with Crippen LogP contribution in [0.4, 0.5) is 0 Å². The van der Waals surface area contributed by atoms with Gasteiger partial charge in [0.05, 0.1) is 17.1 Å². The summed E-state index contributed by atoms with van der Waals surface area (Å²) in [6.07, 6.45) is 7.52. The Kier molecular flexibility index (Phi) is 5.89. The van der Waals surface area contributed by atoms with Gasteiger partial charge >= 0.3 is 0 Å². The average molecular weight is 311 g/mol. The summed E-state index contributed by atoms with van der Waals surface area (Å²) < 4.78 is 11.3. The molecule has 1 saturated heterocycles. The summed E-state index contributed by atoms with van der Waals surface area (Å²) >= 11 is 0. The van der Waals surface area contributed by atoms with Crippen LogP contribution in [0.15, 0.2) is 0 Å². The molecule has 2 aliphatic rings. The van der Waals surface area contributed by atoms with E-state index in [2.05, 4.69) is 25.7 Å². The molecule has 1 aliphatic heterocycles. The first-order chi connectivity index (χ1) is 10.4. The number of carbonyl (C=O) groups is 1. The second kappa shape index (κ2) is 7.31. The summed E-state index contributed by atoms with van der Waals surface area (Å²) in [5.41, 5.74) is -0.240. The van der Waals surface area contributed by atoms with Gasteiger partial charge in [0, 0.05) is 26.8 Å². The van der Waals surface area contributed by atoms with Crippen molar-refractivity contribution in [1.29, 1.82) is 0 Å². The van der Waals surface area contributed by atoms with E-state index in [9.17, 15) is 4.79 Å². The third kappa shape index (κ3) is 4.45. The third-order valence-electron chi connectivity index (χ3n) is 5.05. The molecule has 0 atom stereocenters. The van der Waals surface area contributed by atoms with Crippen molar-refractivity contribution in [3.63, 3.8) is 0 Å². The molecule has 4 nitrogen and oxygen atoms in total. The number of amides is 1. The molecule has 0 spiro atoms. The normalized spacial score (nSPS) is 23.0. The molecule has 0 N–H and O–H groups in total. The molecule has 22 heavy (non-hydrogen) atoms. The Morgan fingerprint density at radius 1 is 1.18 bits per heavy atom. The molecular weight excluding hydrogens is 278 g/mol. The number of piperidine rings is 1. The van der Waals surface area contributed by atoms with Crippen molar-refractivity contribution in [2.24, 2.45) is 5.41 Å². The number of methoxy groups -OCH3 is 1. The Labute approximate surface area is 135 Å². The molecule has 1 aliphatic carbocycles. The van der Waals surface area contributed by atoms with Crippen molar-refractivity contribution in [3.8, 4) is 0 Å². The molecule has 2 rings (SSSR count). The minimum Gasteiger partial charge on any atom is -0.385 e. The zero-order valence-electron chi connectivity index (χ0n) is 14.8. The van der Waals surface area contributed by atoms with Crippen molar-refractivity contribution >= 4 is 5.91 Å². The van der Waals surface area contributed by atoms with Gasteiger partial charge < -0.3 is 14.4 Å². The summed E-state index contributed by atoms with van der Waals surface area (Å²) in [6.45, 7) is 8.67. The van der Waals surface area contributed by atoms with E-state index in [1.807, 2.05) is 0 Å². The molecule has 0 bridgehead atoms. The molecule has 1 amide bonds. The Morgan fingerprint density at radius 2 is 1.77 bits per heavy atom. The van der Waals surface area contributed by atoms with E-state index in [1.165, 1.54) is 12.8 Å². The Morgan fingerprint density at radius 3 is 2.27 bits per heavy atom. The zero-order chi connectivity index (χ0) is 16.2. The van der Waals surface area contributed by atoms with Gasteiger partial charge in [0.2, 0.25) is 5.91 Å². The SMILES string of the molecule is COCCC1(C(=O)N2CCC(OC(C)(C)C)CC2)CCCC1. The van der Waals surface area contributed by atoms with E-state index in [4.69, 9.17) is 9.47 Å². The molecule has 128 valence electrons. The van der Waals surface area contributed by atoms with Gasteiger partial charge in [-0.25, -0.2) is 0 Å². The van der Waals surface area contributed by atoms with Gasteiger partial charge in [-0.1, -0.05) is 12.8 Å². The Balaban J connectivity index is 1.90. The molecule has 1 saturated carbocycles. The first kappa shape index (κ1) is 17.7. The van der Waals surface area contributed by atoms with E-state index < -0.39 is 0 Å². The minimum absolute atomic E-state index is 0.0953. The number of hydrogen-bond acceptors (Lipinski definition) is 3. The quantitative estimate of drug-likeness (QED) is 0.781. The lowest BCUT2D eigenvalue weighted by molar-refractivity contribution is -0.147. The topological polar surface area (TPSA) is 38.8 Å². The predicted octanol–water partition coefficient (Wildman–Crippen LogP) is 3.39. The highest BCUT2D eigenvalue weighted by atomic mass is 16.5. The van der Waals surface area contributed by atoms with Crippen molar-refractivity contribution in [3.05, 3.63) is 0 Å². The van der Waals surface area contributed by atoms with Crippen molar-refractivity contribution in [2.45, 2.75) is 77.4 Å². The maximum Gasteiger partial charge on any atom is 0.228 e. The third-order valence-corrected chi connectivity index (χ3v) is 5.05. The van der Waals surface area contributed by atoms with Gasteiger partial charge in [0.1, 0.15) is 0 Å². The summed E-state index contributed by atoms with van der Waals surface area (Å²) in [5.74, 6) is 0.372. The van der Waals surface area contributed by atoms with Crippen LogP contribution < -0.4 is 0 Å². The second-order valence-corrected chi connectivity index (χ2v) is 7.95. The van der Waals surface area contributed by atoms with Gasteiger partial charge in [0.15, 0.2) is 0 Å². The largest absolute Gasteiger partial charge is 0.385 e. The van der Waals surface area contributed by atoms with Crippen LogP contribution in [-0.4, -0.2) is 49.3 Å². The fourth-order valence-electron chi connectivity index (χ4n) is 3.93. The van der Waals surface area contributed by atoms with Crippen LogP contribution in [0.3, 0.4) is 0 Å². The van der Waals surface area contributed by atoms with Gasteiger partial charge in [-0.15, -0.1) is 0 Å². The van der Waals surface area contributed by atoms with Gasteiger partial charge in [-0.2, -0.15) is 0 Å². The molecule has 2 fully saturated rings. The molecule has 0 aromatic heterocycles.